The summed E-state index contributed by atoms with van der Waals surface area (Å²) in [5, 5.41) is 0. The van der Waals surface area contributed by atoms with Crippen molar-refractivity contribution in [2.24, 2.45) is 11.8 Å². The Hall–Kier alpha value is -2.81. The molecular formula is C25H30O3. The molecular weight excluding hydrogens is 348 g/mol. The number of hydrogen-bond donors (Lipinski definition) is 0. The highest BCUT2D eigenvalue weighted by atomic mass is 16.5. The van der Waals surface area contributed by atoms with E-state index in [0.29, 0.717) is 26.1 Å². The van der Waals surface area contributed by atoms with Crippen molar-refractivity contribution in [1.29, 1.82) is 0 Å². The van der Waals surface area contributed by atoms with Gasteiger partial charge in [0.05, 0.1) is 25.0 Å². The van der Waals surface area contributed by atoms with Crippen molar-refractivity contribution in [3.8, 4) is 11.5 Å². The summed E-state index contributed by atoms with van der Waals surface area (Å²) < 4.78 is 11.8. The Morgan fingerprint density at radius 1 is 0.750 bits per heavy atom. The Morgan fingerprint density at radius 3 is 1.50 bits per heavy atom. The summed E-state index contributed by atoms with van der Waals surface area (Å²) in [6.45, 7) is 4.67. The molecule has 0 heterocycles. The summed E-state index contributed by atoms with van der Waals surface area (Å²) in [7, 11) is 0. The van der Waals surface area contributed by atoms with E-state index in [4.69, 9.17) is 9.47 Å². The molecule has 2 aromatic carbocycles. The monoisotopic (exact) mass is 378 g/mol. The molecule has 0 aromatic heterocycles. The van der Waals surface area contributed by atoms with E-state index < -0.39 is 0 Å². The van der Waals surface area contributed by atoms with Gasteiger partial charge in [-0.05, 0) is 51.0 Å². The van der Waals surface area contributed by atoms with E-state index in [2.05, 4.69) is 0 Å². The Kier molecular flexibility index (Phi) is 9.64. The molecule has 0 fully saturated rings. The van der Waals surface area contributed by atoms with Crippen LogP contribution in [0.1, 0.15) is 26.7 Å². The maximum atomic E-state index is 13.3. The van der Waals surface area contributed by atoms with Crippen molar-refractivity contribution >= 4 is 5.78 Å². The van der Waals surface area contributed by atoms with Crippen molar-refractivity contribution in [3.05, 3.63) is 85.0 Å². The zero-order valence-corrected chi connectivity index (χ0v) is 16.8. The number of allylic oxidation sites excluding steroid dienone is 4. The normalized spacial score (nSPS) is 13.5. The second kappa shape index (κ2) is 12.6. The van der Waals surface area contributed by atoms with Crippen LogP contribution in [0.25, 0.3) is 0 Å². The van der Waals surface area contributed by atoms with Gasteiger partial charge in [-0.3, -0.25) is 4.79 Å². The second-order valence-electron chi connectivity index (χ2n) is 6.65. The average molecular weight is 379 g/mol. The summed E-state index contributed by atoms with van der Waals surface area (Å²) in [5.41, 5.74) is 0. The van der Waals surface area contributed by atoms with Crippen LogP contribution in [-0.4, -0.2) is 19.0 Å². The number of ether oxygens (including phenoxy) is 2. The van der Waals surface area contributed by atoms with Crippen molar-refractivity contribution < 1.29 is 14.3 Å². The molecule has 148 valence electrons. The molecule has 3 nitrogen and oxygen atoms in total. The molecule has 0 aliphatic carbocycles. The minimum absolute atomic E-state index is 0.183. The first-order chi connectivity index (χ1) is 13.7. The molecule has 0 aliphatic heterocycles. The molecule has 2 aromatic rings. The van der Waals surface area contributed by atoms with E-state index in [1.807, 2.05) is 98.8 Å². The first kappa shape index (κ1) is 21.5. The van der Waals surface area contributed by atoms with Gasteiger partial charge in [0.25, 0.3) is 0 Å². The lowest BCUT2D eigenvalue weighted by atomic mass is 9.89. The van der Waals surface area contributed by atoms with E-state index in [1.165, 1.54) is 0 Å². The predicted molar refractivity (Wildman–Crippen MR) is 115 cm³/mol. The Labute approximate surface area is 168 Å². The van der Waals surface area contributed by atoms with Gasteiger partial charge in [0, 0.05) is 0 Å². The molecule has 28 heavy (non-hydrogen) atoms. The fourth-order valence-electron chi connectivity index (χ4n) is 2.89. The van der Waals surface area contributed by atoms with Crippen LogP contribution < -0.4 is 9.47 Å². The second-order valence-corrected chi connectivity index (χ2v) is 6.65. The summed E-state index contributed by atoms with van der Waals surface area (Å²) in [4.78, 5) is 13.3. The molecule has 0 saturated carbocycles. The van der Waals surface area contributed by atoms with Gasteiger partial charge in [-0.15, -0.1) is 0 Å². The minimum atomic E-state index is -0.203. The third-order valence-electron chi connectivity index (χ3n) is 4.51. The van der Waals surface area contributed by atoms with Crippen LogP contribution in [-0.2, 0) is 4.79 Å². The molecule has 2 atom stereocenters. The minimum Gasteiger partial charge on any atom is -0.493 e. The molecule has 0 N–H and O–H groups in total. The standard InChI is InChI=1S/C25H30O3/c1-3-5-13-21(19-27-23-15-9-7-10-16-23)25(26)22(14-6-4-2)20-28-24-17-11-8-12-18-24/h3-12,15-18,21-22H,13-14,19-20H2,1-2H3. The smallest absolute Gasteiger partial charge is 0.146 e. The lowest BCUT2D eigenvalue weighted by molar-refractivity contribution is -0.128. The summed E-state index contributed by atoms with van der Waals surface area (Å²) in [6, 6.07) is 19.3. The fourth-order valence-corrected chi connectivity index (χ4v) is 2.89. The highest BCUT2D eigenvalue weighted by molar-refractivity contribution is 5.84. The number of carbonyl (C=O) groups excluding carboxylic acids is 1. The van der Waals surface area contributed by atoms with Crippen LogP contribution in [0.2, 0.25) is 0 Å². The quantitative estimate of drug-likeness (QED) is 0.433. The van der Waals surface area contributed by atoms with Gasteiger partial charge in [0.1, 0.15) is 17.3 Å². The molecule has 0 saturated heterocycles. The Morgan fingerprint density at radius 2 is 1.14 bits per heavy atom. The van der Waals surface area contributed by atoms with Gasteiger partial charge < -0.3 is 9.47 Å². The van der Waals surface area contributed by atoms with Crippen molar-refractivity contribution in [3.63, 3.8) is 0 Å². The Bertz CT molecular complexity index is 671. The van der Waals surface area contributed by atoms with Crippen LogP contribution in [0.3, 0.4) is 0 Å². The van der Waals surface area contributed by atoms with E-state index in [-0.39, 0.29) is 17.6 Å². The van der Waals surface area contributed by atoms with Crippen molar-refractivity contribution in [1.82, 2.24) is 0 Å². The van der Waals surface area contributed by atoms with Gasteiger partial charge in [-0.25, -0.2) is 0 Å². The fraction of sp³-hybridized carbons (Fsp3) is 0.320. The van der Waals surface area contributed by atoms with Gasteiger partial charge in [0.2, 0.25) is 0 Å². The van der Waals surface area contributed by atoms with Gasteiger partial charge >= 0.3 is 0 Å². The molecule has 2 rings (SSSR count). The third kappa shape index (κ3) is 7.43. The van der Waals surface area contributed by atoms with E-state index in [0.717, 1.165) is 11.5 Å². The lowest BCUT2D eigenvalue weighted by Crippen LogP contribution is -2.31. The van der Waals surface area contributed by atoms with E-state index >= 15 is 0 Å². The molecule has 0 bridgehead atoms. The topological polar surface area (TPSA) is 35.5 Å². The predicted octanol–water partition coefficient (Wildman–Crippen LogP) is 5.88. The highest BCUT2D eigenvalue weighted by Gasteiger charge is 2.27. The zero-order chi connectivity index (χ0) is 20.0. The summed E-state index contributed by atoms with van der Waals surface area (Å²) in [6.07, 6.45) is 9.34. The van der Waals surface area contributed by atoms with Crippen LogP contribution in [0.4, 0.5) is 0 Å². The van der Waals surface area contributed by atoms with Crippen LogP contribution in [0, 0.1) is 11.8 Å². The van der Waals surface area contributed by atoms with E-state index in [1.54, 1.807) is 0 Å². The van der Waals surface area contributed by atoms with E-state index in [9.17, 15) is 4.79 Å². The summed E-state index contributed by atoms with van der Waals surface area (Å²) in [5.74, 6) is 1.35. The highest BCUT2D eigenvalue weighted by Crippen LogP contribution is 2.20. The van der Waals surface area contributed by atoms with Crippen LogP contribution >= 0.6 is 0 Å². The Balaban J connectivity index is 2.05. The molecule has 0 spiro atoms. The number of rotatable bonds is 12. The number of carbonyl (C=O) groups is 1. The first-order valence-corrected chi connectivity index (χ1v) is 9.86. The third-order valence-corrected chi connectivity index (χ3v) is 4.51. The van der Waals surface area contributed by atoms with Crippen LogP contribution in [0.5, 0.6) is 11.5 Å². The first-order valence-electron chi connectivity index (χ1n) is 9.86. The molecule has 3 heteroatoms. The maximum absolute atomic E-state index is 13.3. The number of benzene rings is 2. The van der Waals surface area contributed by atoms with Crippen LogP contribution in [0.15, 0.2) is 85.0 Å². The summed E-state index contributed by atoms with van der Waals surface area (Å²) >= 11 is 0. The number of Topliss-reactive ketones (excluding diaryl/α,β-unsaturated/α-hetero) is 1. The molecule has 2 unspecified atom stereocenters. The van der Waals surface area contributed by atoms with Gasteiger partial charge in [-0.1, -0.05) is 60.7 Å². The maximum Gasteiger partial charge on any atom is 0.146 e. The number of hydrogen-bond acceptors (Lipinski definition) is 3. The SMILES string of the molecule is CC=CCC(COc1ccccc1)C(=O)C(CC=CC)COc1ccccc1. The molecule has 0 amide bonds. The van der Waals surface area contributed by atoms with Gasteiger partial charge in [0.15, 0.2) is 0 Å². The number of para-hydroxylation sites is 2. The zero-order valence-electron chi connectivity index (χ0n) is 16.8. The molecule has 0 aliphatic rings. The number of ketones is 1. The lowest BCUT2D eigenvalue weighted by Gasteiger charge is -2.22. The molecule has 0 radical (unpaired) electrons. The largest absolute Gasteiger partial charge is 0.493 e. The van der Waals surface area contributed by atoms with Crippen molar-refractivity contribution in [2.75, 3.05) is 13.2 Å². The van der Waals surface area contributed by atoms with Gasteiger partial charge in [-0.2, -0.15) is 0 Å². The average Bonchev–Trinajstić information content (AvgIpc) is 2.75. The van der Waals surface area contributed by atoms with Crippen molar-refractivity contribution in [2.45, 2.75) is 26.7 Å².